The smallest absolute Gasteiger partial charge is 0.191 e. The van der Waals surface area contributed by atoms with Gasteiger partial charge in [-0.15, -0.1) is 24.0 Å². The molecule has 6 nitrogen and oxygen atoms in total. The predicted octanol–water partition coefficient (Wildman–Crippen LogP) is 2.57. The lowest BCUT2D eigenvalue weighted by Crippen LogP contribution is -2.44. The van der Waals surface area contributed by atoms with Gasteiger partial charge in [0.05, 0.1) is 13.2 Å². The third kappa shape index (κ3) is 6.49. The summed E-state index contributed by atoms with van der Waals surface area (Å²) in [5.74, 6) is 2.53. The van der Waals surface area contributed by atoms with Gasteiger partial charge in [-0.1, -0.05) is 12.1 Å². The second-order valence-corrected chi connectivity index (χ2v) is 7.79. The molecule has 0 saturated carbocycles. The highest BCUT2D eigenvalue weighted by Crippen LogP contribution is 2.27. The highest BCUT2D eigenvalue weighted by Gasteiger charge is 2.24. The third-order valence-corrected chi connectivity index (χ3v) is 5.79. The number of hydrogen-bond donors (Lipinski definition) is 2. The Kier molecular flexibility index (Phi) is 9.81. The molecular formula is C21H36IN5O. The molecule has 0 spiro atoms. The van der Waals surface area contributed by atoms with Gasteiger partial charge in [0.1, 0.15) is 5.75 Å². The summed E-state index contributed by atoms with van der Waals surface area (Å²) < 4.78 is 5.44. The Morgan fingerprint density at radius 2 is 2.04 bits per heavy atom. The van der Waals surface area contributed by atoms with Crippen LogP contribution >= 0.6 is 24.0 Å². The zero-order valence-corrected chi connectivity index (χ0v) is 19.8. The molecule has 1 aromatic carbocycles. The number of hydrogen-bond acceptors (Lipinski definition) is 4. The van der Waals surface area contributed by atoms with E-state index in [4.69, 9.17) is 4.74 Å². The number of aliphatic imine (C=N–C) groups is 1. The maximum absolute atomic E-state index is 5.44. The van der Waals surface area contributed by atoms with Crippen molar-refractivity contribution in [1.29, 1.82) is 0 Å². The molecule has 2 aliphatic rings. The molecule has 2 unspecified atom stereocenters. The topological polar surface area (TPSA) is 52.1 Å². The summed E-state index contributed by atoms with van der Waals surface area (Å²) in [4.78, 5) is 9.40. The average Bonchev–Trinajstić information content (AvgIpc) is 3.36. The number of ether oxygens (including phenoxy) is 1. The van der Waals surface area contributed by atoms with Crippen molar-refractivity contribution >= 4 is 29.9 Å². The number of guanidine groups is 1. The van der Waals surface area contributed by atoms with Gasteiger partial charge in [0.25, 0.3) is 0 Å². The number of nitrogens with zero attached hydrogens (tertiary/aromatic N) is 3. The largest absolute Gasteiger partial charge is 0.497 e. The SMILES string of the molecule is CN=C(NCC1CCN(C)C1)NCC(c1cccc(OC)c1)N1CCCC1.I. The van der Waals surface area contributed by atoms with E-state index >= 15 is 0 Å². The summed E-state index contributed by atoms with van der Waals surface area (Å²) in [6.07, 6.45) is 3.83. The number of likely N-dealkylation sites (tertiary alicyclic amines) is 2. The van der Waals surface area contributed by atoms with Gasteiger partial charge in [-0.3, -0.25) is 9.89 Å². The van der Waals surface area contributed by atoms with Crippen LogP contribution in [0, 0.1) is 5.92 Å². The first-order chi connectivity index (χ1) is 13.2. The van der Waals surface area contributed by atoms with Crippen molar-refractivity contribution in [1.82, 2.24) is 20.4 Å². The fourth-order valence-electron chi connectivity index (χ4n) is 4.21. The lowest BCUT2D eigenvalue weighted by atomic mass is 10.1. The number of halogens is 1. The molecule has 0 aromatic heterocycles. The Bertz CT molecular complexity index is 621. The van der Waals surface area contributed by atoms with E-state index in [-0.39, 0.29) is 24.0 Å². The second-order valence-electron chi connectivity index (χ2n) is 7.79. The molecular weight excluding hydrogens is 465 g/mol. The van der Waals surface area contributed by atoms with Crippen molar-refractivity contribution in [2.24, 2.45) is 10.9 Å². The molecule has 3 rings (SSSR count). The van der Waals surface area contributed by atoms with Crippen LogP contribution in [0.1, 0.15) is 30.9 Å². The highest BCUT2D eigenvalue weighted by atomic mass is 127. The summed E-state index contributed by atoms with van der Waals surface area (Å²) in [5, 5.41) is 7.08. The first-order valence-corrected chi connectivity index (χ1v) is 10.2. The van der Waals surface area contributed by atoms with Gasteiger partial charge in [0.2, 0.25) is 0 Å². The van der Waals surface area contributed by atoms with Crippen molar-refractivity contribution in [2.75, 3.05) is 60.5 Å². The lowest BCUT2D eigenvalue weighted by Gasteiger charge is -2.29. The van der Waals surface area contributed by atoms with Crippen LogP contribution < -0.4 is 15.4 Å². The minimum atomic E-state index is 0. The quantitative estimate of drug-likeness (QED) is 0.342. The molecule has 2 atom stereocenters. The van der Waals surface area contributed by atoms with Gasteiger partial charge in [-0.25, -0.2) is 0 Å². The van der Waals surface area contributed by atoms with E-state index in [0.717, 1.165) is 37.9 Å². The minimum absolute atomic E-state index is 0. The lowest BCUT2D eigenvalue weighted by molar-refractivity contribution is 0.245. The van der Waals surface area contributed by atoms with Crippen LogP contribution in [0.4, 0.5) is 0 Å². The van der Waals surface area contributed by atoms with Crippen LogP contribution in [0.3, 0.4) is 0 Å². The summed E-state index contributed by atoms with van der Waals surface area (Å²) in [7, 11) is 5.78. The van der Waals surface area contributed by atoms with Crippen molar-refractivity contribution in [3.05, 3.63) is 29.8 Å². The normalized spacial score (nSPS) is 22.0. The highest BCUT2D eigenvalue weighted by molar-refractivity contribution is 14.0. The Morgan fingerprint density at radius 3 is 2.68 bits per heavy atom. The molecule has 7 heteroatoms. The minimum Gasteiger partial charge on any atom is -0.497 e. The Balaban J connectivity index is 0.00000280. The number of benzene rings is 1. The molecule has 2 N–H and O–H groups in total. The van der Waals surface area contributed by atoms with Crippen LogP contribution in [0.2, 0.25) is 0 Å². The first-order valence-electron chi connectivity index (χ1n) is 10.2. The van der Waals surface area contributed by atoms with Gasteiger partial charge in [-0.2, -0.15) is 0 Å². The van der Waals surface area contributed by atoms with E-state index in [1.807, 2.05) is 13.1 Å². The van der Waals surface area contributed by atoms with Crippen LogP contribution in [0.5, 0.6) is 5.75 Å². The van der Waals surface area contributed by atoms with Crippen LogP contribution in [0.25, 0.3) is 0 Å². The molecule has 158 valence electrons. The Morgan fingerprint density at radius 1 is 1.25 bits per heavy atom. The van der Waals surface area contributed by atoms with E-state index in [9.17, 15) is 0 Å². The maximum atomic E-state index is 5.44. The number of rotatable bonds is 7. The molecule has 2 fully saturated rings. The van der Waals surface area contributed by atoms with E-state index in [0.29, 0.717) is 12.0 Å². The van der Waals surface area contributed by atoms with Gasteiger partial charge < -0.3 is 20.3 Å². The fraction of sp³-hybridized carbons (Fsp3) is 0.667. The van der Waals surface area contributed by atoms with Gasteiger partial charge in [-0.05, 0) is 69.6 Å². The van der Waals surface area contributed by atoms with Gasteiger partial charge in [0, 0.05) is 26.7 Å². The maximum Gasteiger partial charge on any atom is 0.191 e. The first kappa shape index (κ1) is 23.2. The summed E-state index contributed by atoms with van der Waals surface area (Å²) in [5.41, 5.74) is 1.30. The summed E-state index contributed by atoms with van der Waals surface area (Å²) in [6.45, 7) is 6.51. The zero-order chi connectivity index (χ0) is 19.1. The molecule has 1 aromatic rings. The van der Waals surface area contributed by atoms with Crippen LogP contribution in [-0.2, 0) is 0 Å². The summed E-state index contributed by atoms with van der Waals surface area (Å²) >= 11 is 0. The van der Waals surface area contributed by atoms with Crippen molar-refractivity contribution in [3.63, 3.8) is 0 Å². The van der Waals surface area contributed by atoms with E-state index in [1.54, 1.807) is 7.11 Å². The standard InChI is InChI=1S/C21H35N5O.HI/c1-22-21(23-14-17-9-12-25(2)16-17)24-15-20(26-10-4-5-11-26)18-7-6-8-19(13-18)27-3;/h6-8,13,17,20H,4-5,9-12,14-16H2,1-3H3,(H2,22,23,24);1H. The molecule has 0 amide bonds. The fourth-order valence-corrected chi connectivity index (χ4v) is 4.21. The number of methoxy groups -OCH3 is 1. The third-order valence-electron chi connectivity index (χ3n) is 5.79. The Labute approximate surface area is 187 Å². The van der Waals surface area contributed by atoms with Crippen molar-refractivity contribution in [3.8, 4) is 5.75 Å². The molecule has 28 heavy (non-hydrogen) atoms. The van der Waals surface area contributed by atoms with Crippen LogP contribution in [-0.4, -0.2) is 76.2 Å². The zero-order valence-electron chi connectivity index (χ0n) is 17.5. The molecule has 0 bridgehead atoms. The monoisotopic (exact) mass is 501 g/mol. The predicted molar refractivity (Wildman–Crippen MR) is 127 cm³/mol. The van der Waals surface area contributed by atoms with E-state index < -0.39 is 0 Å². The van der Waals surface area contributed by atoms with Crippen molar-refractivity contribution < 1.29 is 4.74 Å². The van der Waals surface area contributed by atoms with Crippen molar-refractivity contribution in [2.45, 2.75) is 25.3 Å². The molecule has 2 aliphatic heterocycles. The molecule has 2 heterocycles. The number of nitrogens with one attached hydrogen (secondary N) is 2. The van der Waals surface area contributed by atoms with E-state index in [2.05, 4.69) is 50.7 Å². The van der Waals surface area contributed by atoms with Gasteiger partial charge in [0.15, 0.2) is 5.96 Å². The van der Waals surface area contributed by atoms with E-state index in [1.165, 1.54) is 37.9 Å². The summed E-state index contributed by atoms with van der Waals surface area (Å²) in [6, 6.07) is 8.80. The average molecular weight is 501 g/mol. The van der Waals surface area contributed by atoms with Crippen LogP contribution in [0.15, 0.2) is 29.3 Å². The Hall–Kier alpha value is -1.06. The second kappa shape index (κ2) is 11.8. The molecule has 0 aliphatic carbocycles. The molecule has 2 saturated heterocycles. The molecule has 0 radical (unpaired) electrons. The van der Waals surface area contributed by atoms with Gasteiger partial charge >= 0.3 is 0 Å².